The van der Waals surface area contributed by atoms with Gasteiger partial charge in [0.25, 0.3) is 5.88 Å². The molecule has 3 aromatic rings. The van der Waals surface area contributed by atoms with Gasteiger partial charge in [0, 0.05) is 24.0 Å². The van der Waals surface area contributed by atoms with Gasteiger partial charge < -0.3 is 4.74 Å². The van der Waals surface area contributed by atoms with Crippen molar-refractivity contribution in [3.05, 3.63) is 48.4 Å². The Kier molecular flexibility index (Phi) is 4.40. The van der Waals surface area contributed by atoms with Gasteiger partial charge in [-0.2, -0.15) is 0 Å². The van der Waals surface area contributed by atoms with Gasteiger partial charge in [0.2, 0.25) is 5.65 Å². The Bertz CT molecular complexity index is 850. The predicted molar refractivity (Wildman–Crippen MR) is 98.8 cm³/mol. The summed E-state index contributed by atoms with van der Waals surface area (Å²) in [5.74, 6) is 0.545. The molecule has 0 aliphatic carbocycles. The molecule has 1 atom stereocenters. The Hall–Kier alpha value is -2.40. The van der Waals surface area contributed by atoms with Crippen molar-refractivity contribution in [1.29, 1.82) is 0 Å². The van der Waals surface area contributed by atoms with Crippen LogP contribution >= 0.6 is 0 Å². The number of hydrogen-bond donors (Lipinski definition) is 0. The highest BCUT2D eigenvalue weighted by Gasteiger charge is 2.18. The summed E-state index contributed by atoms with van der Waals surface area (Å²) in [5.41, 5.74) is 4.31. The minimum atomic E-state index is 0.473. The molecule has 0 radical (unpaired) electrons. The number of fused-ring (bicyclic) bond motifs is 1. The summed E-state index contributed by atoms with van der Waals surface area (Å²) < 4.78 is 7.32. The molecular weight excluding hydrogens is 312 g/mol. The number of rotatable bonds is 4. The van der Waals surface area contributed by atoms with E-state index in [0.717, 1.165) is 16.9 Å². The van der Waals surface area contributed by atoms with E-state index in [2.05, 4.69) is 46.1 Å². The molecule has 5 heteroatoms. The summed E-state index contributed by atoms with van der Waals surface area (Å²) >= 11 is 0. The monoisotopic (exact) mass is 336 g/mol. The van der Waals surface area contributed by atoms with Crippen LogP contribution in [0.3, 0.4) is 0 Å². The van der Waals surface area contributed by atoms with E-state index in [0.29, 0.717) is 11.9 Å². The molecule has 1 saturated heterocycles. The fourth-order valence-electron chi connectivity index (χ4n) is 3.70. The molecule has 1 unspecified atom stereocenters. The van der Waals surface area contributed by atoms with Crippen LogP contribution < -0.4 is 4.74 Å². The molecule has 1 aliphatic heterocycles. The highest BCUT2D eigenvalue weighted by Crippen LogP contribution is 2.28. The maximum atomic E-state index is 5.29. The number of ether oxygens (including phenoxy) is 1. The smallest absolute Gasteiger partial charge is 0.258 e. The van der Waals surface area contributed by atoms with Crippen molar-refractivity contribution in [2.45, 2.75) is 32.2 Å². The lowest BCUT2D eigenvalue weighted by atomic mass is 10.0. The van der Waals surface area contributed by atoms with Crippen molar-refractivity contribution in [1.82, 2.24) is 19.3 Å². The molecule has 1 aliphatic rings. The Balaban J connectivity index is 1.62. The van der Waals surface area contributed by atoms with Gasteiger partial charge in [-0.1, -0.05) is 30.7 Å². The predicted octanol–water partition coefficient (Wildman–Crippen LogP) is 3.95. The number of methoxy groups -OCH3 is 1. The molecule has 130 valence electrons. The zero-order chi connectivity index (χ0) is 17.2. The molecule has 0 spiro atoms. The second-order valence-electron chi connectivity index (χ2n) is 6.67. The summed E-state index contributed by atoms with van der Waals surface area (Å²) in [5, 5.41) is 0. The topological polar surface area (TPSA) is 42.7 Å². The highest BCUT2D eigenvalue weighted by atomic mass is 16.5. The normalized spacial score (nSPS) is 16.9. The quantitative estimate of drug-likeness (QED) is 0.723. The number of imidazole rings is 1. The molecular formula is C20H24N4O. The molecule has 0 bridgehead atoms. The van der Waals surface area contributed by atoms with Crippen LogP contribution in [-0.4, -0.2) is 39.5 Å². The second kappa shape index (κ2) is 6.84. The van der Waals surface area contributed by atoms with Gasteiger partial charge in [-0.3, -0.25) is 9.30 Å². The van der Waals surface area contributed by atoms with Crippen LogP contribution in [0.4, 0.5) is 0 Å². The fourth-order valence-corrected chi connectivity index (χ4v) is 3.70. The first-order chi connectivity index (χ1) is 12.3. The molecule has 25 heavy (non-hydrogen) atoms. The fraction of sp³-hybridized carbons (Fsp3) is 0.400. The van der Waals surface area contributed by atoms with Crippen LogP contribution in [0, 0.1) is 0 Å². The third kappa shape index (κ3) is 3.00. The molecule has 0 saturated carbocycles. The van der Waals surface area contributed by atoms with E-state index < -0.39 is 0 Å². The summed E-state index contributed by atoms with van der Waals surface area (Å²) in [6.45, 7) is 4.73. The lowest BCUT2D eigenvalue weighted by molar-refractivity contribution is 0.175. The number of piperidine rings is 1. The first-order valence-corrected chi connectivity index (χ1v) is 8.98. The van der Waals surface area contributed by atoms with Crippen molar-refractivity contribution in [2.75, 3.05) is 20.2 Å². The molecule has 1 fully saturated rings. The average Bonchev–Trinajstić information content (AvgIpc) is 3.12. The minimum absolute atomic E-state index is 0.473. The number of benzene rings is 1. The molecule has 1 aromatic carbocycles. The van der Waals surface area contributed by atoms with Gasteiger partial charge in [0.1, 0.15) is 0 Å². The van der Waals surface area contributed by atoms with Crippen molar-refractivity contribution in [2.24, 2.45) is 0 Å². The lowest BCUT2D eigenvalue weighted by Gasteiger charge is -2.32. The number of likely N-dealkylation sites (tertiary alicyclic amines) is 1. The van der Waals surface area contributed by atoms with Gasteiger partial charge in [-0.25, -0.2) is 9.97 Å². The molecule has 0 N–H and O–H groups in total. The Morgan fingerprint density at radius 3 is 2.52 bits per heavy atom. The van der Waals surface area contributed by atoms with E-state index in [9.17, 15) is 0 Å². The van der Waals surface area contributed by atoms with E-state index in [4.69, 9.17) is 4.74 Å². The van der Waals surface area contributed by atoms with E-state index in [1.54, 1.807) is 13.3 Å². The maximum absolute atomic E-state index is 5.29. The zero-order valence-electron chi connectivity index (χ0n) is 14.9. The SMILES string of the molecule is COc1nccn2c(-c3ccc(C(C)N4CCCCC4)cc3)cnc12. The molecule has 3 heterocycles. The first kappa shape index (κ1) is 16.1. The number of hydrogen-bond acceptors (Lipinski definition) is 4. The zero-order valence-corrected chi connectivity index (χ0v) is 14.9. The molecule has 5 nitrogen and oxygen atoms in total. The average molecular weight is 336 g/mol. The van der Waals surface area contributed by atoms with E-state index >= 15 is 0 Å². The van der Waals surface area contributed by atoms with Crippen molar-refractivity contribution in [3.63, 3.8) is 0 Å². The summed E-state index contributed by atoms with van der Waals surface area (Å²) in [6, 6.07) is 9.33. The van der Waals surface area contributed by atoms with Crippen LogP contribution in [0.1, 0.15) is 37.8 Å². The molecule has 4 rings (SSSR count). The van der Waals surface area contributed by atoms with Crippen LogP contribution in [0.25, 0.3) is 16.9 Å². The standard InChI is InChI=1S/C20H24N4O/c1-15(23-11-4-3-5-12-23)16-6-8-17(9-7-16)18-14-22-19-20(25-2)21-10-13-24(18)19/h6-10,13-15H,3-5,11-12H2,1-2H3. The number of nitrogens with zero attached hydrogens (tertiary/aromatic N) is 4. The van der Waals surface area contributed by atoms with Gasteiger partial charge in [0.05, 0.1) is 19.0 Å². The van der Waals surface area contributed by atoms with E-state index in [1.807, 2.05) is 16.8 Å². The van der Waals surface area contributed by atoms with Gasteiger partial charge >= 0.3 is 0 Å². The Labute approximate surface area is 148 Å². The van der Waals surface area contributed by atoms with Crippen LogP contribution in [0.5, 0.6) is 5.88 Å². The highest BCUT2D eigenvalue weighted by molar-refractivity contribution is 5.66. The largest absolute Gasteiger partial charge is 0.478 e. The molecule has 0 amide bonds. The van der Waals surface area contributed by atoms with Gasteiger partial charge in [0.15, 0.2) is 0 Å². The van der Waals surface area contributed by atoms with E-state index in [-0.39, 0.29) is 0 Å². The van der Waals surface area contributed by atoms with Gasteiger partial charge in [-0.05, 0) is 38.4 Å². The molecule has 2 aromatic heterocycles. The maximum Gasteiger partial charge on any atom is 0.258 e. The van der Waals surface area contributed by atoms with Crippen molar-refractivity contribution in [3.8, 4) is 17.1 Å². The lowest BCUT2D eigenvalue weighted by Crippen LogP contribution is -2.32. The van der Waals surface area contributed by atoms with Crippen LogP contribution in [0.2, 0.25) is 0 Å². The second-order valence-corrected chi connectivity index (χ2v) is 6.67. The Morgan fingerprint density at radius 1 is 1.04 bits per heavy atom. The third-order valence-electron chi connectivity index (χ3n) is 5.22. The van der Waals surface area contributed by atoms with Crippen molar-refractivity contribution < 1.29 is 4.74 Å². The van der Waals surface area contributed by atoms with Crippen molar-refractivity contribution >= 4 is 5.65 Å². The summed E-state index contributed by atoms with van der Waals surface area (Å²) in [7, 11) is 1.62. The summed E-state index contributed by atoms with van der Waals surface area (Å²) in [4.78, 5) is 11.3. The Morgan fingerprint density at radius 2 is 1.80 bits per heavy atom. The van der Waals surface area contributed by atoms with E-state index in [1.165, 1.54) is 37.9 Å². The van der Waals surface area contributed by atoms with Gasteiger partial charge in [-0.15, -0.1) is 0 Å². The first-order valence-electron chi connectivity index (χ1n) is 8.98. The van der Waals surface area contributed by atoms with Crippen LogP contribution in [-0.2, 0) is 0 Å². The van der Waals surface area contributed by atoms with Crippen LogP contribution in [0.15, 0.2) is 42.9 Å². The third-order valence-corrected chi connectivity index (χ3v) is 5.22. The minimum Gasteiger partial charge on any atom is -0.478 e. The summed E-state index contributed by atoms with van der Waals surface area (Å²) in [6.07, 6.45) is 9.55. The number of aromatic nitrogens is 3.